The SMILES string of the molecule is O=C(/C=C/c1ccc(Oc2cccnc2)c(F)c1)OCc1ccc(CO)cc1. The van der Waals surface area contributed by atoms with E-state index in [-0.39, 0.29) is 19.0 Å². The predicted octanol–water partition coefficient (Wildman–Crippen LogP) is 4.26. The van der Waals surface area contributed by atoms with Gasteiger partial charge in [-0.1, -0.05) is 30.3 Å². The molecule has 0 spiro atoms. The number of benzene rings is 2. The number of pyridine rings is 1. The molecule has 0 unspecified atom stereocenters. The van der Waals surface area contributed by atoms with Gasteiger partial charge in [-0.15, -0.1) is 0 Å². The second-order valence-electron chi connectivity index (χ2n) is 5.90. The minimum absolute atomic E-state index is 0.0363. The van der Waals surface area contributed by atoms with Gasteiger partial charge in [0.1, 0.15) is 12.4 Å². The third-order valence-electron chi connectivity index (χ3n) is 3.82. The van der Waals surface area contributed by atoms with Crippen LogP contribution in [0.25, 0.3) is 6.08 Å². The number of ether oxygens (including phenoxy) is 2. The topological polar surface area (TPSA) is 68.7 Å². The molecule has 1 N–H and O–H groups in total. The number of aliphatic hydroxyl groups is 1. The molecule has 0 bridgehead atoms. The number of aliphatic hydroxyl groups excluding tert-OH is 1. The van der Waals surface area contributed by atoms with Gasteiger partial charge in [0.15, 0.2) is 11.6 Å². The number of rotatable bonds is 7. The lowest BCUT2D eigenvalue weighted by Gasteiger charge is -2.06. The quantitative estimate of drug-likeness (QED) is 0.491. The van der Waals surface area contributed by atoms with E-state index in [4.69, 9.17) is 14.6 Å². The molecule has 0 atom stereocenters. The smallest absolute Gasteiger partial charge is 0.331 e. The van der Waals surface area contributed by atoms with Crippen molar-refractivity contribution in [2.75, 3.05) is 0 Å². The fourth-order valence-corrected chi connectivity index (χ4v) is 2.35. The van der Waals surface area contributed by atoms with Gasteiger partial charge in [-0.3, -0.25) is 4.98 Å². The molecule has 0 aliphatic rings. The molecule has 1 heterocycles. The Morgan fingerprint density at radius 1 is 1.11 bits per heavy atom. The van der Waals surface area contributed by atoms with E-state index in [1.54, 1.807) is 48.7 Å². The molecule has 0 aliphatic carbocycles. The van der Waals surface area contributed by atoms with Crippen LogP contribution >= 0.6 is 0 Å². The molecule has 3 aromatic rings. The summed E-state index contributed by atoms with van der Waals surface area (Å²) in [5.74, 6) is -0.593. The number of hydrogen-bond acceptors (Lipinski definition) is 5. The normalized spacial score (nSPS) is 10.8. The molecule has 0 radical (unpaired) electrons. The van der Waals surface area contributed by atoms with Crippen molar-refractivity contribution >= 4 is 12.0 Å². The fraction of sp³-hybridized carbons (Fsp3) is 0.0909. The van der Waals surface area contributed by atoms with Crippen LogP contribution in [0.5, 0.6) is 11.5 Å². The average Bonchev–Trinajstić information content (AvgIpc) is 2.73. The number of halogens is 1. The molecule has 5 nitrogen and oxygen atoms in total. The average molecular weight is 379 g/mol. The van der Waals surface area contributed by atoms with Gasteiger partial charge in [0.25, 0.3) is 0 Å². The van der Waals surface area contributed by atoms with E-state index < -0.39 is 11.8 Å². The van der Waals surface area contributed by atoms with Gasteiger partial charge in [-0.05, 0) is 47.0 Å². The predicted molar refractivity (Wildman–Crippen MR) is 102 cm³/mol. The van der Waals surface area contributed by atoms with E-state index in [9.17, 15) is 9.18 Å². The Labute approximate surface area is 161 Å². The van der Waals surface area contributed by atoms with E-state index in [1.807, 2.05) is 0 Å². The van der Waals surface area contributed by atoms with Gasteiger partial charge >= 0.3 is 5.97 Å². The molecular formula is C22H18FNO4. The third kappa shape index (κ3) is 5.49. The van der Waals surface area contributed by atoms with Crippen LogP contribution in [0.15, 0.2) is 73.1 Å². The summed E-state index contributed by atoms with van der Waals surface area (Å²) in [6, 6.07) is 14.8. The standard InChI is InChI=1S/C22H18FNO4/c23-20-12-16(7-9-21(20)28-19-2-1-11-24-13-19)8-10-22(26)27-15-18-5-3-17(14-25)4-6-18/h1-13,25H,14-15H2/b10-8+. The van der Waals surface area contributed by atoms with E-state index in [2.05, 4.69) is 4.98 Å². The summed E-state index contributed by atoms with van der Waals surface area (Å²) < 4.78 is 24.7. The second kappa shape index (κ2) is 9.43. The number of carbonyl (C=O) groups excluding carboxylic acids is 1. The summed E-state index contributed by atoms with van der Waals surface area (Å²) in [5, 5.41) is 9.00. The van der Waals surface area contributed by atoms with Crippen molar-refractivity contribution in [2.45, 2.75) is 13.2 Å². The second-order valence-corrected chi connectivity index (χ2v) is 5.90. The summed E-state index contributed by atoms with van der Waals surface area (Å²) in [7, 11) is 0. The Bertz CT molecular complexity index is 956. The zero-order valence-electron chi connectivity index (χ0n) is 14.9. The number of hydrogen-bond donors (Lipinski definition) is 1. The first-order valence-electron chi connectivity index (χ1n) is 8.55. The van der Waals surface area contributed by atoms with Crippen molar-refractivity contribution in [1.29, 1.82) is 0 Å². The molecule has 0 saturated carbocycles. The molecule has 0 aliphatic heterocycles. The Kier molecular flexibility index (Phi) is 6.49. The minimum Gasteiger partial charge on any atom is -0.458 e. The summed E-state index contributed by atoms with van der Waals surface area (Å²) in [6.45, 7) is 0.0760. The first-order chi connectivity index (χ1) is 13.6. The highest BCUT2D eigenvalue weighted by Crippen LogP contribution is 2.24. The molecular weight excluding hydrogens is 361 g/mol. The fourth-order valence-electron chi connectivity index (χ4n) is 2.35. The maximum Gasteiger partial charge on any atom is 0.331 e. The van der Waals surface area contributed by atoms with Crippen LogP contribution in [0.1, 0.15) is 16.7 Å². The van der Waals surface area contributed by atoms with Gasteiger partial charge in [-0.2, -0.15) is 0 Å². The Morgan fingerprint density at radius 3 is 2.57 bits per heavy atom. The van der Waals surface area contributed by atoms with Crippen molar-refractivity contribution < 1.29 is 23.8 Å². The van der Waals surface area contributed by atoms with Gasteiger partial charge in [0.2, 0.25) is 0 Å². The van der Waals surface area contributed by atoms with Crippen molar-refractivity contribution in [3.63, 3.8) is 0 Å². The zero-order valence-corrected chi connectivity index (χ0v) is 14.9. The maximum atomic E-state index is 14.2. The van der Waals surface area contributed by atoms with Gasteiger partial charge in [0.05, 0.1) is 12.8 Å². The van der Waals surface area contributed by atoms with Crippen molar-refractivity contribution in [1.82, 2.24) is 4.98 Å². The highest BCUT2D eigenvalue weighted by atomic mass is 19.1. The number of nitrogens with zero attached hydrogens (tertiary/aromatic N) is 1. The molecule has 142 valence electrons. The first-order valence-corrected chi connectivity index (χ1v) is 8.55. The Morgan fingerprint density at radius 2 is 1.89 bits per heavy atom. The van der Waals surface area contributed by atoms with E-state index >= 15 is 0 Å². The molecule has 0 fully saturated rings. The molecule has 0 saturated heterocycles. The van der Waals surface area contributed by atoms with Crippen LogP contribution in [-0.2, 0) is 22.7 Å². The Balaban J connectivity index is 1.55. The first kappa shape index (κ1) is 19.3. The minimum atomic E-state index is -0.552. The molecule has 1 aromatic heterocycles. The van der Waals surface area contributed by atoms with E-state index in [1.165, 1.54) is 30.5 Å². The van der Waals surface area contributed by atoms with Gasteiger partial charge < -0.3 is 14.6 Å². The highest BCUT2D eigenvalue weighted by molar-refractivity contribution is 5.87. The number of carbonyl (C=O) groups is 1. The van der Waals surface area contributed by atoms with E-state index in [0.717, 1.165) is 11.1 Å². The summed E-state index contributed by atoms with van der Waals surface area (Å²) in [4.78, 5) is 15.7. The largest absolute Gasteiger partial charge is 0.458 e. The molecule has 0 amide bonds. The molecule has 28 heavy (non-hydrogen) atoms. The number of esters is 1. The van der Waals surface area contributed by atoms with Crippen molar-refractivity contribution in [2.24, 2.45) is 0 Å². The maximum absolute atomic E-state index is 14.2. The van der Waals surface area contributed by atoms with Crippen molar-refractivity contribution in [3.05, 3.63) is 95.6 Å². The molecule has 3 rings (SSSR count). The monoisotopic (exact) mass is 379 g/mol. The summed E-state index contributed by atoms with van der Waals surface area (Å²) in [6.07, 6.45) is 5.79. The summed E-state index contributed by atoms with van der Waals surface area (Å²) >= 11 is 0. The van der Waals surface area contributed by atoms with Crippen LogP contribution in [0.4, 0.5) is 4.39 Å². The van der Waals surface area contributed by atoms with Crippen LogP contribution in [-0.4, -0.2) is 16.1 Å². The highest BCUT2D eigenvalue weighted by Gasteiger charge is 2.06. The van der Waals surface area contributed by atoms with Gasteiger partial charge in [0, 0.05) is 12.3 Å². The summed E-state index contributed by atoms with van der Waals surface area (Å²) in [5.41, 5.74) is 2.09. The van der Waals surface area contributed by atoms with Gasteiger partial charge in [-0.25, -0.2) is 9.18 Å². The van der Waals surface area contributed by atoms with Crippen LogP contribution < -0.4 is 4.74 Å². The van der Waals surface area contributed by atoms with Crippen LogP contribution in [0.3, 0.4) is 0 Å². The number of aromatic nitrogens is 1. The third-order valence-corrected chi connectivity index (χ3v) is 3.82. The lowest BCUT2D eigenvalue weighted by atomic mass is 10.1. The van der Waals surface area contributed by atoms with E-state index in [0.29, 0.717) is 11.3 Å². The molecule has 6 heteroatoms. The van der Waals surface area contributed by atoms with Crippen LogP contribution in [0.2, 0.25) is 0 Å². The zero-order chi connectivity index (χ0) is 19.8. The van der Waals surface area contributed by atoms with Crippen LogP contribution in [0, 0.1) is 5.82 Å². The van der Waals surface area contributed by atoms with Crippen molar-refractivity contribution in [3.8, 4) is 11.5 Å². The Hall–Kier alpha value is -3.51. The molecule has 2 aromatic carbocycles. The lowest BCUT2D eigenvalue weighted by molar-refractivity contribution is -0.138. The lowest BCUT2D eigenvalue weighted by Crippen LogP contribution is -2.00.